The summed E-state index contributed by atoms with van der Waals surface area (Å²) in [4.78, 5) is 50.2. The van der Waals surface area contributed by atoms with E-state index in [1.807, 2.05) is 38.1 Å². The molecule has 0 radical (unpaired) electrons. The van der Waals surface area contributed by atoms with Gasteiger partial charge in [-0.2, -0.15) is 0 Å². The monoisotopic (exact) mass is 416 g/mol. The lowest BCUT2D eigenvalue weighted by molar-refractivity contribution is -0.156. The Morgan fingerprint density at radius 1 is 1.20 bits per heavy atom. The third-order valence-corrected chi connectivity index (χ3v) is 5.57. The molecule has 8 heteroatoms. The normalized spacial score (nSPS) is 21.6. The minimum atomic E-state index is -1.50. The maximum Gasteiger partial charge on any atom is 0.322 e. The van der Waals surface area contributed by atoms with Crippen LogP contribution in [0.4, 0.5) is 0 Å². The van der Waals surface area contributed by atoms with Gasteiger partial charge in [0, 0.05) is 19.0 Å². The average molecular weight is 416 g/mol. The molecule has 0 aromatic heterocycles. The highest BCUT2D eigenvalue weighted by Gasteiger charge is 2.45. The van der Waals surface area contributed by atoms with E-state index < -0.39 is 36.0 Å². The van der Waals surface area contributed by atoms with E-state index in [1.54, 1.807) is 4.90 Å². The molecule has 1 saturated carbocycles. The molecule has 2 aliphatic rings. The number of hydrogen-bond donors (Lipinski definition) is 2. The first-order valence-electron chi connectivity index (χ1n) is 10.3. The summed E-state index contributed by atoms with van der Waals surface area (Å²) < 4.78 is 5.74. The summed E-state index contributed by atoms with van der Waals surface area (Å²) in [6.07, 6.45) is 2.49. The quantitative estimate of drug-likeness (QED) is 0.592. The molecule has 1 aliphatic heterocycles. The number of benzene rings is 1. The van der Waals surface area contributed by atoms with Crippen molar-refractivity contribution < 1.29 is 29.0 Å². The average Bonchev–Trinajstić information content (AvgIpc) is 3.52. The topological polar surface area (TPSA) is 113 Å². The zero-order chi connectivity index (χ0) is 21.8. The summed E-state index contributed by atoms with van der Waals surface area (Å²) in [5.74, 6) is -3.18. The van der Waals surface area contributed by atoms with E-state index in [1.165, 1.54) is 12.8 Å². The Balaban J connectivity index is 1.71. The summed E-state index contributed by atoms with van der Waals surface area (Å²) >= 11 is 0. The largest absolute Gasteiger partial charge is 0.493 e. The fourth-order valence-electron chi connectivity index (χ4n) is 3.60. The molecular weight excluding hydrogens is 388 g/mol. The molecule has 0 spiro atoms. The predicted octanol–water partition coefficient (Wildman–Crippen LogP) is 1.62. The molecule has 2 fully saturated rings. The molecule has 1 aromatic rings. The van der Waals surface area contributed by atoms with Gasteiger partial charge >= 0.3 is 5.97 Å². The van der Waals surface area contributed by atoms with Crippen LogP contribution in [-0.4, -0.2) is 52.8 Å². The van der Waals surface area contributed by atoms with Gasteiger partial charge in [-0.15, -0.1) is 0 Å². The number of rotatable bonds is 9. The second kappa shape index (κ2) is 9.28. The number of piperidine rings is 1. The van der Waals surface area contributed by atoms with Crippen LogP contribution in [0.2, 0.25) is 0 Å². The predicted molar refractivity (Wildman–Crippen MR) is 108 cm³/mol. The fourth-order valence-corrected chi connectivity index (χ4v) is 3.60. The van der Waals surface area contributed by atoms with E-state index in [9.17, 15) is 19.2 Å². The SMILES string of the molecule is CC(C)[C@@H]1CC(=O)C(C(=O)NCC(=O)O)C(=O)N1Cc1ccc(OCC2CC2)cc1. The van der Waals surface area contributed by atoms with E-state index in [0.29, 0.717) is 12.5 Å². The Labute approximate surface area is 175 Å². The molecule has 1 heterocycles. The van der Waals surface area contributed by atoms with E-state index in [-0.39, 0.29) is 24.9 Å². The number of carboxylic acid groups (broad SMARTS) is 1. The van der Waals surface area contributed by atoms with Crippen molar-refractivity contribution in [3.05, 3.63) is 29.8 Å². The van der Waals surface area contributed by atoms with Gasteiger partial charge in [-0.1, -0.05) is 26.0 Å². The van der Waals surface area contributed by atoms with Crippen LogP contribution in [-0.2, 0) is 25.7 Å². The maximum atomic E-state index is 13.1. The first-order chi connectivity index (χ1) is 14.3. The van der Waals surface area contributed by atoms with Gasteiger partial charge in [0.15, 0.2) is 11.7 Å². The second-order valence-electron chi connectivity index (χ2n) is 8.39. The number of carbonyl (C=O) groups excluding carboxylic acids is 3. The van der Waals surface area contributed by atoms with Crippen LogP contribution in [0.15, 0.2) is 24.3 Å². The molecule has 3 rings (SSSR count). The van der Waals surface area contributed by atoms with Crippen molar-refractivity contribution in [1.82, 2.24) is 10.2 Å². The van der Waals surface area contributed by atoms with Gasteiger partial charge in [0.25, 0.3) is 0 Å². The number of hydrogen-bond acceptors (Lipinski definition) is 5. The summed E-state index contributed by atoms with van der Waals surface area (Å²) in [5, 5.41) is 10.9. The van der Waals surface area contributed by atoms with Crippen molar-refractivity contribution in [2.45, 2.75) is 45.7 Å². The molecule has 2 atom stereocenters. The molecule has 2 amide bonds. The van der Waals surface area contributed by atoms with Gasteiger partial charge in [-0.25, -0.2) is 0 Å². The number of ketones is 1. The van der Waals surface area contributed by atoms with Crippen LogP contribution < -0.4 is 10.1 Å². The van der Waals surface area contributed by atoms with Crippen LogP contribution in [0.25, 0.3) is 0 Å². The Bertz CT molecular complexity index is 815. The van der Waals surface area contributed by atoms with E-state index in [4.69, 9.17) is 9.84 Å². The summed E-state index contributed by atoms with van der Waals surface area (Å²) in [7, 11) is 0. The highest BCUT2D eigenvalue weighted by molar-refractivity contribution is 6.19. The second-order valence-corrected chi connectivity index (χ2v) is 8.39. The third-order valence-electron chi connectivity index (χ3n) is 5.57. The molecule has 2 N–H and O–H groups in total. The van der Waals surface area contributed by atoms with Gasteiger partial charge in [-0.05, 0) is 42.4 Å². The molecule has 162 valence electrons. The first kappa shape index (κ1) is 21.8. The molecule has 1 unspecified atom stereocenters. The van der Waals surface area contributed by atoms with Crippen molar-refractivity contribution in [3.8, 4) is 5.75 Å². The highest BCUT2D eigenvalue weighted by Crippen LogP contribution is 2.30. The van der Waals surface area contributed by atoms with Gasteiger partial charge in [-0.3, -0.25) is 19.2 Å². The van der Waals surface area contributed by atoms with Crippen molar-refractivity contribution in [2.24, 2.45) is 17.8 Å². The number of aliphatic carboxylic acids is 1. The van der Waals surface area contributed by atoms with Crippen molar-refractivity contribution >= 4 is 23.6 Å². The lowest BCUT2D eigenvalue weighted by Crippen LogP contribution is -2.57. The minimum Gasteiger partial charge on any atom is -0.493 e. The molecule has 8 nitrogen and oxygen atoms in total. The van der Waals surface area contributed by atoms with Gasteiger partial charge in [0.2, 0.25) is 11.8 Å². The van der Waals surface area contributed by atoms with Crippen LogP contribution in [0.3, 0.4) is 0 Å². The number of nitrogens with zero attached hydrogens (tertiary/aromatic N) is 1. The number of carboxylic acids is 1. The number of carbonyl (C=O) groups is 4. The van der Waals surface area contributed by atoms with Gasteiger partial charge in [0.1, 0.15) is 12.3 Å². The Kier molecular flexibility index (Phi) is 6.74. The van der Waals surface area contributed by atoms with Crippen LogP contribution in [0.5, 0.6) is 5.75 Å². The summed E-state index contributed by atoms with van der Waals surface area (Å²) in [5.41, 5.74) is 0.867. The number of ether oxygens (including phenoxy) is 1. The molecule has 1 aliphatic carbocycles. The lowest BCUT2D eigenvalue weighted by Gasteiger charge is -2.40. The Hall–Kier alpha value is -2.90. The lowest BCUT2D eigenvalue weighted by atomic mass is 9.84. The van der Waals surface area contributed by atoms with Crippen molar-refractivity contribution in [2.75, 3.05) is 13.2 Å². The maximum absolute atomic E-state index is 13.1. The Morgan fingerprint density at radius 2 is 1.87 bits per heavy atom. The summed E-state index contributed by atoms with van der Waals surface area (Å²) in [6, 6.07) is 7.16. The molecule has 1 aromatic carbocycles. The number of nitrogens with one attached hydrogen (secondary N) is 1. The zero-order valence-electron chi connectivity index (χ0n) is 17.3. The summed E-state index contributed by atoms with van der Waals surface area (Å²) in [6.45, 7) is 4.21. The molecule has 30 heavy (non-hydrogen) atoms. The smallest absolute Gasteiger partial charge is 0.322 e. The highest BCUT2D eigenvalue weighted by atomic mass is 16.5. The first-order valence-corrected chi connectivity index (χ1v) is 10.3. The zero-order valence-corrected chi connectivity index (χ0v) is 17.3. The minimum absolute atomic E-state index is 0.0297. The molecule has 0 bridgehead atoms. The van der Waals surface area contributed by atoms with Gasteiger partial charge < -0.3 is 20.1 Å². The third kappa shape index (κ3) is 5.37. The van der Waals surface area contributed by atoms with Crippen molar-refractivity contribution in [3.63, 3.8) is 0 Å². The van der Waals surface area contributed by atoms with Gasteiger partial charge in [0.05, 0.1) is 6.61 Å². The Morgan fingerprint density at radius 3 is 2.43 bits per heavy atom. The van der Waals surface area contributed by atoms with Crippen molar-refractivity contribution in [1.29, 1.82) is 0 Å². The van der Waals surface area contributed by atoms with E-state index in [0.717, 1.165) is 11.3 Å². The standard InChI is InChI=1S/C22H28N2O6/c1-13(2)17-9-18(25)20(21(28)23-10-19(26)27)22(29)24(17)11-14-5-7-16(8-6-14)30-12-15-3-4-15/h5-8,13,15,17,20H,3-4,9-12H2,1-2H3,(H,23,28)(H,26,27)/t17-,20?/m0/s1. The van der Waals surface area contributed by atoms with Crippen LogP contribution in [0, 0.1) is 17.8 Å². The van der Waals surface area contributed by atoms with E-state index >= 15 is 0 Å². The van der Waals surface area contributed by atoms with E-state index in [2.05, 4.69) is 5.32 Å². The fraction of sp³-hybridized carbons (Fsp3) is 0.545. The number of Topliss-reactive ketones (excluding diaryl/α,β-unsaturated/α-hetero) is 1. The van der Waals surface area contributed by atoms with Crippen LogP contribution in [0.1, 0.15) is 38.7 Å². The molecular formula is C22H28N2O6. The number of amides is 2. The molecule has 1 saturated heterocycles. The van der Waals surface area contributed by atoms with Crippen LogP contribution >= 0.6 is 0 Å². The number of likely N-dealkylation sites (tertiary alicyclic amines) is 1.